The molecule has 6 heteroatoms. The van der Waals surface area contributed by atoms with Crippen LogP contribution in [0.25, 0.3) is 11.0 Å². The van der Waals surface area contributed by atoms with E-state index in [0.29, 0.717) is 18.1 Å². The molecule has 0 saturated heterocycles. The summed E-state index contributed by atoms with van der Waals surface area (Å²) in [6, 6.07) is 11.8. The SMILES string of the molecule is COc1ccc2c(NCc3ccc(Br)cc3)c(CO)cnc2n1. The number of nitrogens with one attached hydrogen (secondary N) is 1. The number of hydrogen-bond acceptors (Lipinski definition) is 5. The maximum Gasteiger partial charge on any atom is 0.215 e. The highest BCUT2D eigenvalue weighted by Gasteiger charge is 2.10. The predicted octanol–water partition coefficient (Wildman–Crippen LogP) is 3.51. The summed E-state index contributed by atoms with van der Waals surface area (Å²) in [5.74, 6) is 0.514. The van der Waals surface area contributed by atoms with Gasteiger partial charge in [-0.25, -0.2) is 4.98 Å². The van der Waals surface area contributed by atoms with Crippen molar-refractivity contribution < 1.29 is 9.84 Å². The molecule has 3 rings (SSSR count). The average Bonchev–Trinajstić information content (AvgIpc) is 2.60. The van der Waals surface area contributed by atoms with Crippen LogP contribution in [-0.4, -0.2) is 22.2 Å². The molecular formula is C17H16BrN3O2. The Hall–Kier alpha value is -2.18. The number of aromatic nitrogens is 2. The topological polar surface area (TPSA) is 67.3 Å². The third-order valence-electron chi connectivity index (χ3n) is 3.54. The molecule has 0 bridgehead atoms. The average molecular weight is 374 g/mol. The molecule has 0 amide bonds. The van der Waals surface area contributed by atoms with E-state index in [1.54, 1.807) is 19.4 Å². The Labute approximate surface area is 142 Å². The molecule has 0 unspecified atom stereocenters. The zero-order valence-corrected chi connectivity index (χ0v) is 14.2. The van der Waals surface area contributed by atoms with E-state index in [0.717, 1.165) is 26.7 Å². The second kappa shape index (κ2) is 6.93. The second-order valence-corrected chi connectivity index (χ2v) is 5.94. The van der Waals surface area contributed by atoms with E-state index >= 15 is 0 Å². The van der Waals surface area contributed by atoms with Gasteiger partial charge in [-0.1, -0.05) is 28.1 Å². The highest BCUT2D eigenvalue weighted by molar-refractivity contribution is 9.10. The summed E-state index contributed by atoms with van der Waals surface area (Å²) < 4.78 is 6.18. The van der Waals surface area contributed by atoms with Gasteiger partial charge in [0.2, 0.25) is 5.88 Å². The molecule has 0 radical (unpaired) electrons. The number of nitrogens with zero attached hydrogens (tertiary/aromatic N) is 2. The minimum atomic E-state index is -0.0857. The predicted molar refractivity (Wildman–Crippen MR) is 93.5 cm³/mol. The van der Waals surface area contributed by atoms with E-state index < -0.39 is 0 Å². The van der Waals surface area contributed by atoms with Crippen molar-refractivity contribution in [3.63, 3.8) is 0 Å². The number of anilines is 1. The number of fused-ring (bicyclic) bond motifs is 1. The van der Waals surface area contributed by atoms with Crippen LogP contribution in [0.5, 0.6) is 5.88 Å². The van der Waals surface area contributed by atoms with Crippen LogP contribution < -0.4 is 10.1 Å². The molecule has 2 heterocycles. The van der Waals surface area contributed by atoms with Crippen molar-refractivity contribution in [3.8, 4) is 5.88 Å². The van der Waals surface area contributed by atoms with Crippen molar-refractivity contribution in [1.29, 1.82) is 0 Å². The van der Waals surface area contributed by atoms with Gasteiger partial charge >= 0.3 is 0 Å². The first kappa shape index (κ1) is 15.7. The molecule has 0 saturated carbocycles. The Balaban J connectivity index is 1.95. The maximum atomic E-state index is 9.58. The number of hydrogen-bond donors (Lipinski definition) is 2. The van der Waals surface area contributed by atoms with Crippen LogP contribution >= 0.6 is 15.9 Å². The number of pyridine rings is 2. The number of rotatable bonds is 5. The van der Waals surface area contributed by atoms with E-state index in [1.165, 1.54) is 0 Å². The smallest absolute Gasteiger partial charge is 0.215 e. The number of halogens is 1. The molecule has 3 aromatic rings. The molecule has 0 aliphatic heterocycles. The molecule has 0 aliphatic rings. The first-order chi connectivity index (χ1) is 11.2. The number of benzene rings is 1. The van der Waals surface area contributed by atoms with Gasteiger partial charge in [-0.2, -0.15) is 4.98 Å². The van der Waals surface area contributed by atoms with E-state index in [9.17, 15) is 5.11 Å². The van der Waals surface area contributed by atoms with Crippen molar-refractivity contribution in [3.05, 3.63) is 58.2 Å². The zero-order valence-electron chi connectivity index (χ0n) is 12.6. The standard InChI is InChI=1S/C17H16BrN3O2/c1-23-15-7-6-14-16(12(10-22)9-20-17(14)21-15)19-8-11-2-4-13(18)5-3-11/h2-7,9,22H,8,10H2,1H3,(H,19,20,21). The molecule has 0 fully saturated rings. The summed E-state index contributed by atoms with van der Waals surface area (Å²) in [6.07, 6.45) is 1.64. The Morgan fingerprint density at radius 3 is 2.65 bits per heavy atom. The van der Waals surface area contributed by atoms with Gasteiger partial charge in [-0.15, -0.1) is 0 Å². The molecule has 23 heavy (non-hydrogen) atoms. The van der Waals surface area contributed by atoms with Gasteiger partial charge in [0.1, 0.15) is 0 Å². The van der Waals surface area contributed by atoms with Gasteiger partial charge < -0.3 is 15.2 Å². The molecule has 2 aromatic heterocycles. The van der Waals surface area contributed by atoms with Gasteiger partial charge in [-0.05, 0) is 23.8 Å². The summed E-state index contributed by atoms with van der Waals surface area (Å²) in [7, 11) is 1.57. The largest absolute Gasteiger partial charge is 0.481 e. The first-order valence-corrected chi connectivity index (χ1v) is 7.92. The lowest BCUT2D eigenvalue weighted by Crippen LogP contribution is -2.05. The second-order valence-electron chi connectivity index (χ2n) is 5.02. The molecular weight excluding hydrogens is 358 g/mol. The third kappa shape index (κ3) is 3.43. The van der Waals surface area contributed by atoms with Crippen LogP contribution in [0.1, 0.15) is 11.1 Å². The van der Waals surface area contributed by atoms with Crippen LogP contribution in [-0.2, 0) is 13.2 Å². The molecule has 1 aromatic carbocycles. The molecule has 0 aliphatic carbocycles. The summed E-state index contributed by atoms with van der Waals surface area (Å²) in [6.45, 7) is 0.559. The fourth-order valence-corrected chi connectivity index (χ4v) is 2.60. The molecule has 2 N–H and O–H groups in total. The van der Waals surface area contributed by atoms with E-state index in [1.807, 2.05) is 30.3 Å². The number of aliphatic hydroxyl groups excluding tert-OH is 1. The fourth-order valence-electron chi connectivity index (χ4n) is 2.34. The highest BCUT2D eigenvalue weighted by atomic mass is 79.9. The zero-order chi connectivity index (χ0) is 16.2. The van der Waals surface area contributed by atoms with E-state index in [4.69, 9.17) is 4.74 Å². The van der Waals surface area contributed by atoms with Gasteiger partial charge in [0.05, 0.1) is 19.4 Å². The number of aliphatic hydroxyl groups is 1. The van der Waals surface area contributed by atoms with Crippen LogP contribution in [0.2, 0.25) is 0 Å². The van der Waals surface area contributed by atoms with Gasteiger partial charge in [0.25, 0.3) is 0 Å². The van der Waals surface area contributed by atoms with Crippen LogP contribution in [0.3, 0.4) is 0 Å². The van der Waals surface area contributed by atoms with Crippen LogP contribution in [0.4, 0.5) is 5.69 Å². The molecule has 118 valence electrons. The van der Waals surface area contributed by atoms with Crippen molar-refractivity contribution in [1.82, 2.24) is 9.97 Å². The number of ether oxygens (including phenoxy) is 1. The fraction of sp³-hybridized carbons (Fsp3) is 0.176. The monoisotopic (exact) mass is 373 g/mol. The Kier molecular flexibility index (Phi) is 4.73. The van der Waals surface area contributed by atoms with Crippen molar-refractivity contribution >= 4 is 32.7 Å². The van der Waals surface area contributed by atoms with Crippen molar-refractivity contribution in [2.24, 2.45) is 0 Å². The quantitative estimate of drug-likeness (QED) is 0.716. The summed E-state index contributed by atoms with van der Waals surface area (Å²) >= 11 is 3.43. The number of methoxy groups -OCH3 is 1. The Morgan fingerprint density at radius 1 is 1.17 bits per heavy atom. The van der Waals surface area contributed by atoms with Gasteiger partial charge in [0, 0.05) is 34.2 Å². The van der Waals surface area contributed by atoms with Gasteiger partial charge in [0.15, 0.2) is 5.65 Å². The van der Waals surface area contributed by atoms with Crippen molar-refractivity contribution in [2.75, 3.05) is 12.4 Å². The minimum Gasteiger partial charge on any atom is -0.481 e. The van der Waals surface area contributed by atoms with Crippen molar-refractivity contribution in [2.45, 2.75) is 13.2 Å². The van der Waals surface area contributed by atoms with E-state index in [-0.39, 0.29) is 6.61 Å². The van der Waals surface area contributed by atoms with Crippen LogP contribution in [0.15, 0.2) is 47.1 Å². The summed E-state index contributed by atoms with van der Waals surface area (Å²) in [5.41, 5.74) is 3.31. The van der Waals surface area contributed by atoms with Gasteiger partial charge in [-0.3, -0.25) is 0 Å². The lowest BCUT2D eigenvalue weighted by Gasteiger charge is -2.13. The minimum absolute atomic E-state index is 0.0857. The third-order valence-corrected chi connectivity index (χ3v) is 4.07. The molecule has 5 nitrogen and oxygen atoms in total. The lowest BCUT2D eigenvalue weighted by atomic mass is 10.1. The maximum absolute atomic E-state index is 9.58. The molecule has 0 atom stereocenters. The molecule has 0 spiro atoms. The Morgan fingerprint density at radius 2 is 1.96 bits per heavy atom. The highest BCUT2D eigenvalue weighted by Crippen LogP contribution is 2.27. The lowest BCUT2D eigenvalue weighted by molar-refractivity contribution is 0.282. The van der Waals surface area contributed by atoms with E-state index in [2.05, 4.69) is 31.2 Å². The Bertz CT molecular complexity index is 822. The first-order valence-electron chi connectivity index (χ1n) is 7.13. The summed E-state index contributed by atoms with van der Waals surface area (Å²) in [5, 5.41) is 13.8. The van der Waals surface area contributed by atoms with Crippen LogP contribution in [0, 0.1) is 0 Å². The summed E-state index contributed by atoms with van der Waals surface area (Å²) in [4.78, 5) is 8.63. The normalized spacial score (nSPS) is 10.7.